The van der Waals surface area contributed by atoms with Crippen LogP contribution in [0.3, 0.4) is 0 Å². The maximum Gasteiger partial charge on any atom is 0.233 e. The molecule has 0 aliphatic rings. The number of nitrogens with zero attached hydrogens (tertiary/aromatic N) is 3. The first kappa shape index (κ1) is 20.2. The third-order valence-electron chi connectivity index (χ3n) is 4.05. The Labute approximate surface area is 172 Å². The molecule has 146 valence electrons. The highest BCUT2D eigenvalue weighted by Crippen LogP contribution is 2.28. The number of hydrogen-bond donors (Lipinski definition) is 1. The quantitative estimate of drug-likeness (QED) is 0.553. The summed E-state index contributed by atoms with van der Waals surface area (Å²) in [5.74, 6) is 1.12. The van der Waals surface area contributed by atoms with Crippen molar-refractivity contribution in [3.63, 3.8) is 0 Å². The Morgan fingerprint density at radius 3 is 2.68 bits per heavy atom. The first-order valence-electron chi connectivity index (χ1n) is 8.71. The molecule has 0 fully saturated rings. The third-order valence-corrected chi connectivity index (χ3v) is 6.01. The van der Waals surface area contributed by atoms with Gasteiger partial charge in [0.25, 0.3) is 0 Å². The first-order chi connectivity index (χ1) is 13.5. The van der Waals surface area contributed by atoms with E-state index in [2.05, 4.69) is 15.5 Å². The van der Waals surface area contributed by atoms with Crippen LogP contribution >= 0.6 is 23.1 Å². The highest BCUT2D eigenvalue weighted by Gasteiger charge is 2.14. The monoisotopic (exact) mass is 414 g/mol. The fraction of sp³-hybridized carbons (Fsp3) is 0.250. The largest absolute Gasteiger partial charge is 0.496 e. The van der Waals surface area contributed by atoms with Gasteiger partial charge in [-0.05, 0) is 25.1 Å². The molecule has 0 atom stereocenters. The number of ether oxygens (including phenoxy) is 1. The molecule has 0 bridgehead atoms. The Morgan fingerprint density at radius 1 is 1.18 bits per heavy atom. The van der Waals surface area contributed by atoms with Gasteiger partial charge in [0.2, 0.25) is 11.0 Å². The highest BCUT2D eigenvalue weighted by atomic mass is 32.2. The number of rotatable bonds is 8. The van der Waals surface area contributed by atoms with Crippen molar-refractivity contribution >= 4 is 39.8 Å². The van der Waals surface area contributed by atoms with E-state index in [0.29, 0.717) is 17.4 Å². The normalized spacial score (nSPS) is 10.5. The van der Waals surface area contributed by atoms with E-state index in [9.17, 15) is 4.79 Å². The number of carbonyl (C=O) groups is 1. The van der Waals surface area contributed by atoms with Crippen molar-refractivity contribution in [3.05, 3.63) is 59.7 Å². The first-order valence-corrected chi connectivity index (χ1v) is 10.5. The van der Waals surface area contributed by atoms with Crippen molar-refractivity contribution in [2.75, 3.05) is 25.2 Å². The van der Waals surface area contributed by atoms with Crippen LogP contribution < -0.4 is 10.1 Å². The Bertz CT molecular complexity index is 928. The number of hydrogen-bond acceptors (Lipinski definition) is 7. The van der Waals surface area contributed by atoms with E-state index in [1.807, 2.05) is 55.5 Å². The number of amides is 1. The van der Waals surface area contributed by atoms with Gasteiger partial charge in [0.1, 0.15) is 5.75 Å². The molecular weight excluding hydrogens is 392 g/mol. The molecule has 0 aliphatic heterocycles. The van der Waals surface area contributed by atoms with E-state index in [0.717, 1.165) is 21.3 Å². The predicted octanol–water partition coefficient (Wildman–Crippen LogP) is 4.35. The van der Waals surface area contributed by atoms with E-state index in [-0.39, 0.29) is 5.91 Å². The molecule has 0 spiro atoms. The van der Waals surface area contributed by atoms with Gasteiger partial charge in [-0.3, -0.25) is 4.79 Å². The lowest BCUT2D eigenvalue weighted by atomic mass is 10.2. The van der Waals surface area contributed by atoms with Crippen LogP contribution in [-0.4, -0.2) is 40.9 Å². The SMILES string of the molecule is COc1ccccc1CN(C)C(=O)CSc1nnc(Nc2ccc(C)cc2)s1. The van der Waals surface area contributed by atoms with Gasteiger partial charge in [0, 0.05) is 24.8 Å². The number of methoxy groups -OCH3 is 1. The smallest absolute Gasteiger partial charge is 0.233 e. The minimum Gasteiger partial charge on any atom is -0.496 e. The molecule has 3 aromatic rings. The van der Waals surface area contributed by atoms with E-state index < -0.39 is 0 Å². The number of carbonyl (C=O) groups excluding carboxylic acids is 1. The van der Waals surface area contributed by atoms with E-state index >= 15 is 0 Å². The number of aromatic nitrogens is 2. The van der Waals surface area contributed by atoms with Crippen molar-refractivity contribution in [3.8, 4) is 5.75 Å². The van der Waals surface area contributed by atoms with Crippen molar-refractivity contribution < 1.29 is 9.53 Å². The predicted molar refractivity (Wildman–Crippen MR) is 115 cm³/mol. The Balaban J connectivity index is 1.51. The lowest BCUT2D eigenvalue weighted by Gasteiger charge is -2.18. The van der Waals surface area contributed by atoms with Gasteiger partial charge in [-0.25, -0.2) is 0 Å². The molecule has 0 saturated carbocycles. The molecule has 1 N–H and O–H groups in total. The minimum atomic E-state index is 0.0270. The molecule has 1 aromatic heterocycles. The van der Waals surface area contributed by atoms with Crippen LogP contribution in [0.5, 0.6) is 5.75 Å². The lowest BCUT2D eigenvalue weighted by Crippen LogP contribution is -2.27. The van der Waals surface area contributed by atoms with E-state index in [4.69, 9.17) is 4.74 Å². The molecule has 8 heteroatoms. The zero-order valence-electron chi connectivity index (χ0n) is 16.0. The molecule has 0 saturated heterocycles. The van der Waals surface area contributed by atoms with Gasteiger partial charge >= 0.3 is 0 Å². The van der Waals surface area contributed by atoms with Gasteiger partial charge in [-0.1, -0.05) is 59.0 Å². The highest BCUT2D eigenvalue weighted by molar-refractivity contribution is 8.01. The standard InChI is InChI=1S/C20H22N4O2S2/c1-14-8-10-16(11-9-14)21-19-22-23-20(28-19)27-13-18(25)24(2)12-15-6-4-5-7-17(15)26-3/h4-11H,12-13H2,1-3H3,(H,21,22). The maximum atomic E-state index is 12.5. The summed E-state index contributed by atoms with van der Waals surface area (Å²) < 4.78 is 6.10. The molecule has 1 amide bonds. The summed E-state index contributed by atoms with van der Waals surface area (Å²) in [6.07, 6.45) is 0. The van der Waals surface area contributed by atoms with Crippen LogP contribution in [0.1, 0.15) is 11.1 Å². The summed E-state index contributed by atoms with van der Waals surface area (Å²) in [7, 11) is 3.42. The van der Waals surface area contributed by atoms with Crippen LogP contribution in [0.25, 0.3) is 0 Å². The van der Waals surface area contributed by atoms with Gasteiger partial charge in [-0.2, -0.15) is 0 Å². The molecule has 2 aromatic carbocycles. The zero-order valence-corrected chi connectivity index (χ0v) is 17.6. The number of para-hydroxylation sites is 1. The van der Waals surface area contributed by atoms with Gasteiger partial charge in [0.05, 0.1) is 12.9 Å². The summed E-state index contributed by atoms with van der Waals surface area (Å²) >= 11 is 2.83. The minimum absolute atomic E-state index is 0.0270. The van der Waals surface area contributed by atoms with Crippen molar-refractivity contribution in [2.24, 2.45) is 0 Å². The number of benzene rings is 2. The number of nitrogens with one attached hydrogen (secondary N) is 1. The average Bonchev–Trinajstić information content (AvgIpc) is 3.15. The van der Waals surface area contributed by atoms with E-state index in [1.54, 1.807) is 19.1 Å². The fourth-order valence-corrected chi connectivity index (χ4v) is 4.20. The second-order valence-electron chi connectivity index (χ2n) is 6.21. The summed E-state index contributed by atoms with van der Waals surface area (Å²) in [6.45, 7) is 2.55. The van der Waals surface area contributed by atoms with Crippen molar-refractivity contribution in [2.45, 2.75) is 17.8 Å². The molecular formula is C20H22N4O2S2. The number of aryl methyl sites for hydroxylation is 1. The molecule has 6 nitrogen and oxygen atoms in total. The van der Waals surface area contributed by atoms with Crippen LogP contribution in [0, 0.1) is 6.92 Å². The third kappa shape index (κ3) is 5.46. The van der Waals surface area contributed by atoms with Gasteiger partial charge < -0.3 is 15.0 Å². The summed E-state index contributed by atoms with van der Waals surface area (Å²) in [4.78, 5) is 14.1. The molecule has 1 heterocycles. The lowest BCUT2D eigenvalue weighted by molar-refractivity contribution is -0.127. The number of thioether (sulfide) groups is 1. The molecule has 28 heavy (non-hydrogen) atoms. The van der Waals surface area contributed by atoms with Gasteiger partial charge in [0.15, 0.2) is 4.34 Å². The fourth-order valence-electron chi connectivity index (χ4n) is 2.49. The van der Waals surface area contributed by atoms with Crippen molar-refractivity contribution in [1.29, 1.82) is 0 Å². The summed E-state index contributed by atoms with van der Waals surface area (Å²) in [5.41, 5.74) is 3.15. The molecule has 0 unspecified atom stereocenters. The van der Waals surface area contributed by atoms with Crippen LogP contribution in [0.4, 0.5) is 10.8 Å². The summed E-state index contributed by atoms with van der Waals surface area (Å²) in [5, 5.41) is 12.2. The zero-order chi connectivity index (χ0) is 19.9. The Morgan fingerprint density at radius 2 is 1.93 bits per heavy atom. The number of anilines is 2. The summed E-state index contributed by atoms with van der Waals surface area (Å²) in [6, 6.07) is 15.8. The van der Waals surface area contributed by atoms with E-state index in [1.165, 1.54) is 28.7 Å². The topological polar surface area (TPSA) is 67.3 Å². The van der Waals surface area contributed by atoms with Crippen LogP contribution in [-0.2, 0) is 11.3 Å². The Hall–Kier alpha value is -2.58. The van der Waals surface area contributed by atoms with Gasteiger partial charge in [-0.15, -0.1) is 10.2 Å². The Kier molecular flexibility index (Phi) is 6.89. The second kappa shape index (κ2) is 9.57. The van der Waals surface area contributed by atoms with Crippen molar-refractivity contribution in [1.82, 2.24) is 15.1 Å². The molecule has 0 aliphatic carbocycles. The maximum absolute atomic E-state index is 12.5. The molecule has 3 rings (SSSR count). The average molecular weight is 415 g/mol. The van der Waals surface area contributed by atoms with Crippen LogP contribution in [0.2, 0.25) is 0 Å². The van der Waals surface area contributed by atoms with Crippen LogP contribution in [0.15, 0.2) is 52.9 Å². The second-order valence-corrected chi connectivity index (χ2v) is 8.41. The molecule has 0 radical (unpaired) electrons.